The summed E-state index contributed by atoms with van der Waals surface area (Å²) in [6, 6.07) is 20.3. The lowest BCUT2D eigenvalue weighted by Gasteiger charge is -2.22. The van der Waals surface area contributed by atoms with E-state index in [2.05, 4.69) is 10.6 Å². The fraction of sp³-hybridized carbons (Fsp3) is 0.190. The third-order valence-electron chi connectivity index (χ3n) is 4.11. The number of rotatable bonds is 7. The maximum atomic E-state index is 12.6. The molecule has 3 aromatic rings. The van der Waals surface area contributed by atoms with Crippen LogP contribution in [0.4, 0.5) is 5.69 Å². The van der Waals surface area contributed by atoms with Crippen molar-refractivity contribution in [3.8, 4) is 5.75 Å². The SMILES string of the molecule is COc1cccc(NC(=O)[C@H](C)N[C@H](c2ccccc2)c2ccco2)c1. The van der Waals surface area contributed by atoms with Crippen LogP contribution < -0.4 is 15.4 Å². The molecule has 2 aromatic carbocycles. The molecule has 1 amide bonds. The molecule has 2 atom stereocenters. The average Bonchev–Trinajstić information content (AvgIpc) is 3.21. The maximum Gasteiger partial charge on any atom is 0.241 e. The third-order valence-corrected chi connectivity index (χ3v) is 4.11. The Morgan fingerprint density at radius 1 is 1.04 bits per heavy atom. The van der Waals surface area contributed by atoms with Crippen molar-refractivity contribution in [3.63, 3.8) is 0 Å². The fourth-order valence-corrected chi connectivity index (χ4v) is 2.72. The lowest BCUT2D eigenvalue weighted by molar-refractivity contribution is -0.117. The third kappa shape index (κ3) is 4.32. The Balaban J connectivity index is 1.73. The van der Waals surface area contributed by atoms with E-state index in [-0.39, 0.29) is 11.9 Å². The molecule has 5 heteroatoms. The van der Waals surface area contributed by atoms with Crippen molar-refractivity contribution >= 4 is 11.6 Å². The summed E-state index contributed by atoms with van der Waals surface area (Å²) in [7, 11) is 1.60. The number of methoxy groups -OCH3 is 1. The summed E-state index contributed by atoms with van der Waals surface area (Å²) in [6.07, 6.45) is 1.63. The van der Waals surface area contributed by atoms with Crippen molar-refractivity contribution in [1.82, 2.24) is 5.32 Å². The van der Waals surface area contributed by atoms with Gasteiger partial charge in [0.1, 0.15) is 11.5 Å². The highest BCUT2D eigenvalue weighted by Gasteiger charge is 2.22. The minimum Gasteiger partial charge on any atom is -0.497 e. The Bertz CT molecular complexity index is 831. The Labute approximate surface area is 153 Å². The Morgan fingerprint density at radius 3 is 2.54 bits per heavy atom. The van der Waals surface area contributed by atoms with Crippen LogP contribution >= 0.6 is 0 Å². The molecular formula is C21H22N2O3. The van der Waals surface area contributed by atoms with E-state index >= 15 is 0 Å². The zero-order valence-corrected chi connectivity index (χ0v) is 14.8. The highest BCUT2D eigenvalue weighted by Crippen LogP contribution is 2.23. The largest absolute Gasteiger partial charge is 0.497 e. The molecule has 0 unspecified atom stereocenters. The van der Waals surface area contributed by atoms with E-state index in [1.165, 1.54) is 0 Å². The molecule has 3 rings (SSSR count). The Hall–Kier alpha value is -3.05. The standard InChI is InChI=1S/C21H22N2O3/c1-15(21(24)23-17-10-6-11-18(14-17)25-2)22-20(19-12-7-13-26-19)16-8-4-3-5-9-16/h3-15,20,22H,1-2H3,(H,23,24)/t15-,20+/m0/s1. The first-order valence-corrected chi connectivity index (χ1v) is 8.46. The van der Waals surface area contributed by atoms with Crippen molar-refractivity contribution in [1.29, 1.82) is 0 Å². The zero-order chi connectivity index (χ0) is 18.4. The minimum atomic E-state index is -0.434. The first kappa shape index (κ1) is 17.8. The minimum absolute atomic E-state index is 0.134. The van der Waals surface area contributed by atoms with E-state index in [0.29, 0.717) is 11.4 Å². The van der Waals surface area contributed by atoms with Gasteiger partial charge in [0.15, 0.2) is 0 Å². The summed E-state index contributed by atoms with van der Waals surface area (Å²) in [5.41, 5.74) is 1.72. The second kappa shape index (κ2) is 8.36. The van der Waals surface area contributed by atoms with Gasteiger partial charge >= 0.3 is 0 Å². The molecule has 5 nitrogen and oxygen atoms in total. The van der Waals surface area contributed by atoms with Crippen LogP contribution in [0.25, 0.3) is 0 Å². The molecule has 0 spiro atoms. The quantitative estimate of drug-likeness (QED) is 0.676. The summed E-state index contributed by atoms with van der Waals surface area (Å²) < 4.78 is 10.8. The number of benzene rings is 2. The van der Waals surface area contributed by atoms with Gasteiger partial charge in [0.05, 0.1) is 25.5 Å². The van der Waals surface area contributed by atoms with Crippen LogP contribution in [0.15, 0.2) is 77.4 Å². The predicted octanol–water partition coefficient (Wildman–Crippen LogP) is 3.99. The second-order valence-electron chi connectivity index (χ2n) is 5.97. The van der Waals surface area contributed by atoms with Crippen molar-refractivity contribution in [2.75, 3.05) is 12.4 Å². The molecule has 0 aliphatic heterocycles. The van der Waals surface area contributed by atoms with Gasteiger partial charge in [0.25, 0.3) is 0 Å². The summed E-state index contributed by atoms with van der Waals surface area (Å²) in [6.45, 7) is 1.83. The van der Waals surface area contributed by atoms with Gasteiger partial charge in [-0.1, -0.05) is 36.4 Å². The predicted molar refractivity (Wildman–Crippen MR) is 101 cm³/mol. The maximum absolute atomic E-state index is 12.6. The molecule has 26 heavy (non-hydrogen) atoms. The van der Waals surface area contributed by atoms with Crippen molar-refractivity contribution in [2.24, 2.45) is 0 Å². The average molecular weight is 350 g/mol. The highest BCUT2D eigenvalue weighted by atomic mass is 16.5. The molecular weight excluding hydrogens is 328 g/mol. The first-order chi connectivity index (χ1) is 12.7. The van der Waals surface area contributed by atoms with Crippen LogP contribution in [0, 0.1) is 0 Å². The van der Waals surface area contributed by atoms with E-state index in [1.54, 1.807) is 19.4 Å². The van der Waals surface area contributed by atoms with Crippen LogP contribution in [-0.4, -0.2) is 19.1 Å². The van der Waals surface area contributed by atoms with Crippen LogP contribution in [0.5, 0.6) is 5.75 Å². The van der Waals surface area contributed by atoms with Gasteiger partial charge in [0.2, 0.25) is 5.91 Å². The molecule has 134 valence electrons. The fourth-order valence-electron chi connectivity index (χ4n) is 2.72. The number of ether oxygens (including phenoxy) is 1. The van der Waals surface area contributed by atoms with Crippen LogP contribution in [-0.2, 0) is 4.79 Å². The summed E-state index contributed by atoms with van der Waals surface area (Å²) in [5.74, 6) is 1.32. The molecule has 2 N–H and O–H groups in total. The number of furan rings is 1. The topological polar surface area (TPSA) is 63.5 Å². The molecule has 0 saturated heterocycles. The van der Waals surface area contributed by atoms with E-state index < -0.39 is 6.04 Å². The molecule has 0 fully saturated rings. The van der Waals surface area contributed by atoms with Crippen molar-refractivity contribution in [2.45, 2.75) is 19.0 Å². The highest BCUT2D eigenvalue weighted by molar-refractivity contribution is 5.94. The van der Waals surface area contributed by atoms with Crippen molar-refractivity contribution in [3.05, 3.63) is 84.3 Å². The molecule has 0 aliphatic carbocycles. The van der Waals surface area contributed by atoms with Gasteiger partial charge in [-0.3, -0.25) is 10.1 Å². The summed E-state index contributed by atoms with van der Waals surface area (Å²) >= 11 is 0. The zero-order valence-electron chi connectivity index (χ0n) is 14.8. The normalized spacial score (nSPS) is 13.0. The van der Waals surface area contributed by atoms with Gasteiger partial charge in [0, 0.05) is 11.8 Å². The van der Waals surface area contributed by atoms with Gasteiger partial charge in [-0.2, -0.15) is 0 Å². The molecule has 0 aliphatic rings. The number of hydrogen-bond acceptors (Lipinski definition) is 4. The number of carbonyl (C=O) groups is 1. The van der Waals surface area contributed by atoms with E-state index in [1.807, 2.05) is 67.6 Å². The van der Waals surface area contributed by atoms with E-state index in [0.717, 1.165) is 11.3 Å². The van der Waals surface area contributed by atoms with Crippen LogP contribution in [0.3, 0.4) is 0 Å². The van der Waals surface area contributed by atoms with Crippen LogP contribution in [0.1, 0.15) is 24.3 Å². The monoisotopic (exact) mass is 350 g/mol. The molecule has 1 aromatic heterocycles. The summed E-state index contributed by atoms with van der Waals surface area (Å²) in [4.78, 5) is 12.6. The number of hydrogen-bond donors (Lipinski definition) is 2. The smallest absolute Gasteiger partial charge is 0.241 e. The number of anilines is 1. The Kier molecular flexibility index (Phi) is 5.71. The van der Waals surface area contributed by atoms with E-state index in [9.17, 15) is 4.79 Å². The van der Waals surface area contributed by atoms with E-state index in [4.69, 9.17) is 9.15 Å². The Morgan fingerprint density at radius 2 is 1.85 bits per heavy atom. The lowest BCUT2D eigenvalue weighted by Crippen LogP contribution is -2.40. The van der Waals surface area contributed by atoms with Gasteiger partial charge in [-0.15, -0.1) is 0 Å². The van der Waals surface area contributed by atoms with Gasteiger partial charge < -0.3 is 14.5 Å². The molecule has 0 radical (unpaired) electrons. The number of amides is 1. The van der Waals surface area contributed by atoms with Gasteiger partial charge in [-0.05, 0) is 36.8 Å². The number of carbonyl (C=O) groups excluding carboxylic acids is 1. The van der Waals surface area contributed by atoms with Crippen molar-refractivity contribution < 1.29 is 13.9 Å². The lowest BCUT2D eigenvalue weighted by atomic mass is 10.0. The number of nitrogens with one attached hydrogen (secondary N) is 2. The molecule has 0 saturated carbocycles. The summed E-state index contributed by atoms with van der Waals surface area (Å²) in [5, 5.41) is 6.25. The first-order valence-electron chi connectivity index (χ1n) is 8.46. The second-order valence-corrected chi connectivity index (χ2v) is 5.97. The molecule has 0 bridgehead atoms. The molecule has 1 heterocycles. The van der Waals surface area contributed by atoms with Gasteiger partial charge in [-0.25, -0.2) is 0 Å². The van der Waals surface area contributed by atoms with Crippen LogP contribution in [0.2, 0.25) is 0 Å².